The third-order valence-corrected chi connectivity index (χ3v) is 2.98. The van der Waals surface area contributed by atoms with Crippen molar-refractivity contribution in [3.05, 3.63) is 24.3 Å². The third-order valence-electron chi connectivity index (χ3n) is 2.98. The molecule has 0 bridgehead atoms. The van der Waals surface area contributed by atoms with E-state index in [0.717, 1.165) is 0 Å². The second-order valence-electron chi connectivity index (χ2n) is 4.67. The Morgan fingerprint density at radius 1 is 1.35 bits per heavy atom. The minimum atomic E-state index is -0.940. The maximum absolute atomic E-state index is 12.3. The van der Waals surface area contributed by atoms with Crippen molar-refractivity contribution in [2.45, 2.75) is 13.8 Å². The molecule has 1 aromatic carbocycles. The van der Waals surface area contributed by atoms with Crippen LogP contribution in [0.2, 0.25) is 0 Å². The summed E-state index contributed by atoms with van der Waals surface area (Å²) in [5, 5.41) is 18.3. The zero-order valence-electron chi connectivity index (χ0n) is 11.9. The molecule has 0 saturated carbocycles. The first-order valence-electron chi connectivity index (χ1n) is 6.41. The minimum absolute atomic E-state index is 0.0790. The number of carboxylic acid groups (broad SMARTS) is 1. The average Bonchev–Trinajstić information content (AvgIpc) is 2.39. The number of aromatic hydroxyl groups is 1. The molecule has 0 heterocycles. The van der Waals surface area contributed by atoms with Crippen molar-refractivity contribution in [2.75, 3.05) is 25.0 Å². The smallest absolute Gasteiger partial charge is 0.324 e. The fourth-order valence-corrected chi connectivity index (χ4v) is 1.86. The summed E-state index contributed by atoms with van der Waals surface area (Å²) in [5.74, 6) is -1.49. The molecule has 1 aromatic rings. The molecule has 0 spiro atoms. The number of hydrogen-bond donors (Lipinski definition) is 2. The van der Waals surface area contributed by atoms with Crippen LogP contribution in [0.4, 0.5) is 10.5 Å². The number of carbonyl (C=O) groups is 2. The van der Waals surface area contributed by atoms with E-state index < -0.39 is 11.9 Å². The number of nitrogens with zero attached hydrogens (tertiary/aromatic N) is 2. The molecule has 1 atom stereocenters. The van der Waals surface area contributed by atoms with Gasteiger partial charge in [-0.05, 0) is 19.1 Å². The van der Waals surface area contributed by atoms with Crippen LogP contribution in [0.1, 0.15) is 13.8 Å². The van der Waals surface area contributed by atoms with Gasteiger partial charge in [0.2, 0.25) is 0 Å². The van der Waals surface area contributed by atoms with Gasteiger partial charge in [0.1, 0.15) is 5.75 Å². The summed E-state index contributed by atoms with van der Waals surface area (Å²) in [7, 11) is 1.56. The highest BCUT2D eigenvalue weighted by molar-refractivity contribution is 5.92. The standard InChI is InChI=1S/C14H20N2O4/c1-4-16(11-6-5-7-12(17)8-11)14(20)15(3)9-10(2)13(18)19/h5-8,10,17H,4,9H2,1-3H3,(H,18,19). The lowest BCUT2D eigenvalue weighted by Gasteiger charge is -2.28. The Morgan fingerprint density at radius 3 is 2.50 bits per heavy atom. The fraction of sp³-hybridized carbons (Fsp3) is 0.429. The van der Waals surface area contributed by atoms with Crippen LogP contribution < -0.4 is 4.90 Å². The summed E-state index contributed by atoms with van der Waals surface area (Å²) in [4.78, 5) is 26.0. The molecule has 6 nitrogen and oxygen atoms in total. The molecule has 2 N–H and O–H groups in total. The van der Waals surface area contributed by atoms with Gasteiger partial charge in [-0.2, -0.15) is 0 Å². The number of urea groups is 1. The maximum atomic E-state index is 12.3. The molecule has 2 amide bonds. The Labute approximate surface area is 118 Å². The molecule has 0 aliphatic rings. The highest BCUT2D eigenvalue weighted by Crippen LogP contribution is 2.21. The van der Waals surface area contributed by atoms with Crippen molar-refractivity contribution >= 4 is 17.7 Å². The summed E-state index contributed by atoms with van der Waals surface area (Å²) in [6.07, 6.45) is 0. The van der Waals surface area contributed by atoms with Crippen LogP contribution in [0, 0.1) is 5.92 Å². The van der Waals surface area contributed by atoms with Crippen LogP contribution in [0.25, 0.3) is 0 Å². The average molecular weight is 280 g/mol. The van der Waals surface area contributed by atoms with Crippen LogP contribution in [-0.4, -0.2) is 47.3 Å². The molecule has 0 saturated heterocycles. The number of anilines is 1. The number of aliphatic carboxylic acids is 1. The highest BCUT2D eigenvalue weighted by atomic mass is 16.4. The van der Waals surface area contributed by atoms with Crippen molar-refractivity contribution in [1.29, 1.82) is 0 Å². The molecule has 1 rings (SSSR count). The van der Waals surface area contributed by atoms with E-state index in [1.165, 1.54) is 21.9 Å². The fourth-order valence-electron chi connectivity index (χ4n) is 1.86. The quantitative estimate of drug-likeness (QED) is 0.864. The largest absolute Gasteiger partial charge is 0.508 e. The van der Waals surface area contributed by atoms with Crippen molar-refractivity contribution in [3.63, 3.8) is 0 Å². The lowest BCUT2D eigenvalue weighted by Crippen LogP contribution is -2.43. The minimum Gasteiger partial charge on any atom is -0.508 e. The molecular formula is C14H20N2O4. The Hall–Kier alpha value is -2.24. The van der Waals surface area contributed by atoms with Crippen LogP contribution in [-0.2, 0) is 4.79 Å². The van der Waals surface area contributed by atoms with Crippen molar-refractivity contribution < 1.29 is 19.8 Å². The van der Waals surface area contributed by atoms with Gasteiger partial charge in [0.05, 0.1) is 5.92 Å². The Morgan fingerprint density at radius 2 is 2.00 bits per heavy atom. The van der Waals surface area contributed by atoms with Gasteiger partial charge in [-0.1, -0.05) is 13.0 Å². The van der Waals surface area contributed by atoms with Crippen molar-refractivity contribution in [1.82, 2.24) is 4.90 Å². The summed E-state index contributed by atoms with van der Waals surface area (Å²) in [6, 6.07) is 6.09. The van der Waals surface area contributed by atoms with E-state index in [2.05, 4.69) is 0 Å². The van der Waals surface area contributed by atoms with Crippen molar-refractivity contribution in [3.8, 4) is 5.75 Å². The summed E-state index contributed by atoms with van der Waals surface area (Å²) in [6.45, 7) is 3.92. The Kier molecular flexibility index (Phi) is 5.37. The Bertz CT molecular complexity index is 490. The number of phenols is 1. The van der Waals surface area contributed by atoms with Gasteiger partial charge in [-0.15, -0.1) is 0 Å². The third kappa shape index (κ3) is 3.88. The zero-order chi connectivity index (χ0) is 15.3. The zero-order valence-corrected chi connectivity index (χ0v) is 11.9. The monoisotopic (exact) mass is 280 g/mol. The lowest BCUT2D eigenvalue weighted by atomic mass is 10.2. The molecule has 110 valence electrons. The van der Waals surface area contributed by atoms with Gasteiger partial charge in [0.15, 0.2) is 0 Å². The van der Waals surface area contributed by atoms with Gasteiger partial charge < -0.3 is 15.1 Å². The summed E-state index contributed by atoms with van der Waals surface area (Å²) in [5.41, 5.74) is 0.576. The van der Waals surface area contributed by atoms with Gasteiger partial charge in [-0.25, -0.2) is 4.79 Å². The topological polar surface area (TPSA) is 81.1 Å². The summed E-state index contributed by atoms with van der Waals surface area (Å²) < 4.78 is 0. The lowest BCUT2D eigenvalue weighted by molar-refractivity contribution is -0.141. The molecule has 20 heavy (non-hydrogen) atoms. The number of hydrogen-bond acceptors (Lipinski definition) is 3. The van der Waals surface area contributed by atoms with Crippen molar-refractivity contribution in [2.24, 2.45) is 5.92 Å². The van der Waals surface area contributed by atoms with Crippen LogP contribution in [0.5, 0.6) is 5.75 Å². The number of phenolic OH excluding ortho intramolecular Hbond substituents is 1. The number of rotatable bonds is 5. The first kappa shape index (κ1) is 15.8. The van der Waals surface area contributed by atoms with Gasteiger partial charge in [0, 0.05) is 31.9 Å². The first-order valence-corrected chi connectivity index (χ1v) is 6.41. The molecular weight excluding hydrogens is 260 g/mol. The van der Waals surface area contributed by atoms with E-state index in [4.69, 9.17) is 5.11 Å². The number of carboxylic acids is 1. The van der Waals surface area contributed by atoms with E-state index >= 15 is 0 Å². The van der Waals surface area contributed by atoms with E-state index in [-0.39, 0.29) is 18.3 Å². The molecule has 0 radical (unpaired) electrons. The Balaban J connectivity index is 2.84. The summed E-state index contributed by atoms with van der Waals surface area (Å²) >= 11 is 0. The molecule has 0 aliphatic heterocycles. The number of amides is 2. The predicted molar refractivity (Wildman–Crippen MR) is 76.0 cm³/mol. The highest BCUT2D eigenvalue weighted by Gasteiger charge is 2.22. The first-order chi connectivity index (χ1) is 9.36. The number of carbonyl (C=O) groups excluding carboxylic acids is 1. The predicted octanol–water partition coefficient (Wildman–Crippen LogP) is 1.99. The molecule has 0 aliphatic carbocycles. The van der Waals surface area contributed by atoms with Crippen LogP contribution in [0.15, 0.2) is 24.3 Å². The molecule has 0 aromatic heterocycles. The normalized spacial score (nSPS) is 11.8. The second kappa shape index (κ2) is 6.79. The molecule has 1 unspecified atom stereocenters. The second-order valence-corrected chi connectivity index (χ2v) is 4.67. The number of benzene rings is 1. The molecule has 6 heteroatoms. The van der Waals surface area contributed by atoms with Gasteiger partial charge >= 0.3 is 12.0 Å². The van der Waals surface area contributed by atoms with Gasteiger partial charge in [0.25, 0.3) is 0 Å². The van der Waals surface area contributed by atoms with E-state index in [9.17, 15) is 14.7 Å². The van der Waals surface area contributed by atoms with E-state index in [1.54, 1.807) is 26.1 Å². The van der Waals surface area contributed by atoms with Crippen LogP contribution in [0.3, 0.4) is 0 Å². The van der Waals surface area contributed by atoms with Gasteiger partial charge in [-0.3, -0.25) is 9.69 Å². The van der Waals surface area contributed by atoms with Crippen LogP contribution >= 0.6 is 0 Å². The molecule has 0 fully saturated rings. The van der Waals surface area contributed by atoms with E-state index in [1.807, 2.05) is 6.92 Å². The van der Waals surface area contributed by atoms with E-state index in [0.29, 0.717) is 12.2 Å². The maximum Gasteiger partial charge on any atom is 0.324 e. The SMILES string of the molecule is CCN(C(=O)N(C)CC(C)C(=O)O)c1cccc(O)c1.